The van der Waals surface area contributed by atoms with Crippen molar-refractivity contribution in [1.29, 1.82) is 0 Å². The topological polar surface area (TPSA) is 113 Å². The van der Waals surface area contributed by atoms with E-state index in [0.29, 0.717) is 37.6 Å². The van der Waals surface area contributed by atoms with Crippen LogP contribution in [0.1, 0.15) is 17.5 Å². The summed E-state index contributed by atoms with van der Waals surface area (Å²) in [5.74, 6) is 0.0751. The molecule has 1 atom stereocenters. The van der Waals surface area contributed by atoms with Gasteiger partial charge in [-0.2, -0.15) is 4.72 Å². The monoisotopic (exact) mass is 515 g/mol. The van der Waals surface area contributed by atoms with Crippen molar-refractivity contribution >= 4 is 44.5 Å². The largest absolute Gasteiger partial charge is 0.326 e. The van der Waals surface area contributed by atoms with Crippen LogP contribution in [0.3, 0.4) is 0 Å². The molecule has 1 aromatic heterocycles. The molecule has 10 heteroatoms. The van der Waals surface area contributed by atoms with Crippen LogP contribution in [0.15, 0.2) is 77.7 Å². The van der Waals surface area contributed by atoms with Crippen LogP contribution < -0.4 is 14.9 Å². The Bertz CT molecular complexity index is 1630. The van der Waals surface area contributed by atoms with Crippen molar-refractivity contribution < 1.29 is 18.0 Å². The molecule has 2 amide bonds. The van der Waals surface area contributed by atoms with Gasteiger partial charge in [-0.1, -0.05) is 42.5 Å². The van der Waals surface area contributed by atoms with Gasteiger partial charge in [0.15, 0.2) is 0 Å². The highest BCUT2D eigenvalue weighted by atomic mass is 32.2. The van der Waals surface area contributed by atoms with Crippen molar-refractivity contribution in [3.05, 3.63) is 83.9 Å². The Morgan fingerprint density at radius 2 is 1.78 bits per heavy atom. The summed E-state index contributed by atoms with van der Waals surface area (Å²) in [6.07, 6.45) is 0.951. The van der Waals surface area contributed by atoms with Gasteiger partial charge >= 0.3 is 0 Å². The first-order valence-corrected chi connectivity index (χ1v) is 13.6. The van der Waals surface area contributed by atoms with E-state index in [-0.39, 0.29) is 23.1 Å². The zero-order chi connectivity index (χ0) is 25.6. The van der Waals surface area contributed by atoms with E-state index in [0.717, 1.165) is 22.2 Å². The summed E-state index contributed by atoms with van der Waals surface area (Å²) in [7, 11) is -4.04. The summed E-state index contributed by atoms with van der Waals surface area (Å²) >= 11 is 0. The lowest BCUT2D eigenvalue weighted by Gasteiger charge is -2.24. The molecule has 2 aliphatic heterocycles. The van der Waals surface area contributed by atoms with Gasteiger partial charge in [0, 0.05) is 25.2 Å². The number of anilines is 2. The molecule has 0 saturated carbocycles. The number of nitrogens with zero attached hydrogens (tertiary/aromatic N) is 3. The molecule has 188 valence electrons. The van der Waals surface area contributed by atoms with Gasteiger partial charge in [-0.3, -0.25) is 14.5 Å². The first-order chi connectivity index (χ1) is 17.9. The van der Waals surface area contributed by atoms with Crippen LogP contribution in [-0.4, -0.2) is 42.4 Å². The molecule has 37 heavy (non-hydrogen) atoms. The van der Waals surface area contributed by atoms with E-state index in [1.807, 2.05) is 59.2 Å². The van der Waals surface area contributed by atoms with Gasteiger partial charge in [-0.25, -0.2) is 13.4 Å². The van der Waals surface area contributed by atoms with Crippen molar-refractivity contribution in [1.82, 2.24) is 14.3 Å². The third-order valence-corrected chi connectivity index (χ3v) is 8.32. The molecule has 0 saturated heterocycles. The average Bonchev–Trinajstić information content (AvgIpc) is 3.47. The number of sulfonamides is 1. The highest BCUT2D eigenvalue weighted by Gasteiger charge is 2.35. The maximum absolute atomic E-state index is 13.9. The van der Waals surface area contributed by atoms with Crippen LogP contribution in [0, 0.1) is 0 Å². The van der Waals surface area contributed by atoms with Crippen molar-refractivity contribution in [2.45, 2.75) is 36.7 Å². The number of carbonyl (C=O) groups excluding carboxylic acids is 2. The van der Waals surface area contributed by atoms with E-state index < -0.39 is 16.1 Å². The molecule has 3 aromatic carbocycles. The molecule has 3 heterocycles. The van der Waals surface area contributed by atoms with E-state index >= 15 is 0 Å². The Morgan fingerprint density at radius 1 is 1.00 bits per heavy atom. The number of para-hydroxylation sites is 2. The number of benzene rings is 3. The Morgan fingerprint density at radius 3 is 2.62 bits per heavy atom. The van der Waals surface area contributed by atoms with Gasteiger partial charge in [-0.05, 0) is 54.3 Å². The molecule has 9 nitrogen and oxygen atoms in total. The third kappa shape index (κ3) is 4.38. The zero-order valence-electron chi connectivity index (χ0n) is 19.9. The Balaban J connectivity index is 1.32. The minimum Gasteiger partial charge on any atom is -0.326 e. The minimum absolute atomic E-state index is 0.0573. The predicted molar refractivity (Wildman–Crippen MR) is 140 cm³/mol. The first-order valence-electron chi connectivity index (χ1n) is 12.1. The second-order valence-corrected chi connectivity index (χ2v) is 11.0. The Hall–Kier alpha value is -4.02. The van der Waals surface area contributed by atoms with Crippen LogP contribution >= 0.6 is 0 Å². The summed E-state index contributed by atoms with van der Waals surface area (Å²) in [5.41, 5.74) is 3.93. The summed E-state index contributed by atoms with van der Waals surface area (Å²) in [6, 6.07) is 20.6. The lowest BCUT2D eigenvalue weighted by molar-refractivity contribution is -0.120. The van der Waals surface area contributed by atoms with Crippen molar-refractivity contribution in [3.8, 4) is 0 Å². The van der Waals surface area contributed by atoms with Gasteiger partial charge in [0.05, 0.1) is 15.9 Å². The number of hydrogen-bond donors (Lipinski definition) is 2. The normalized spacial score (nSPS) is 15.8. The highest BCUT2D eigenvalue weighted by molar-refractivity contribution is 7.89. The molecule has 6 rings (SSSR count). The van der Waals surface area contributed by atoms with E-state index in [1.165, 1.54) is 6.07 Å². The zero-order valence-corrected chi connectivity index (χ0v) is 20.7. The molecule has 1 unspecified atom stereocenters. The van der Waals surface area contributed by atoms with Crippen LogP contribution in [0.2, 0.25) is 0 Å². The molecule has 2 aliphatic rings. The lowest BCUT2D eigenvalue weighted by Crippen LogP contribution is -2.49. The third-order valence-electron chi connectivity index (χ3n) is 6.85. The maximum Gasteiger partial charge on any atom is 0.247 e. The van der Waals surface area contributed by atoms with Gasteiger partial charge in [0.2, 0.25) is 27.8 Å². The molecule has 0 fully saturated rings. The number of rotatable bonds is 6. The molecular formula is C27H25N5O4S. The molecule has 0 aliphatic carbocycles. The second-order valence-electron chi connectivity index (χ2n) is 9.27. The number of carbonyl (C=O) groups is 2. The van der Waals surface area contributed by atoms with Gasteiger partial charge in [0.1, 0.15) is 6.04 Å². The quantitative estimate of drug-likeness (QED) is 0.410. The van der Waals surface area contributed by atoms with E-state index in [4.69, 9.17) is 0 Å². The standard InChI is InChI=1S/C27H25N5O4S/c33-25-13-10-19-17-20(11-12-21(19)28-25)37(35,36)30-23(16-18-6-2-1-3-7-18)26(34)32-15-14-31-24-9-5-4-8-22(24)29-27(31)32/h1-9,11-12,17,23,30H,10,13-16H2,(H,28,33). The van der Waals surface area contributed by atoms with Gasteiger partial charge in [-0.15, -0.1) is 0 Å². The molecular weight excluding hydrogens is 490 g/mol. The number of imidazole rings is 1. The number of hydrogen-bond acceptors (Lipinski definition) is 5. The van der Waals surface area contributed by atoms with Crippen molar-refractivity contribution in [2.75, 3.05) is 16.8 Å². The fourth-order valence-electron chi connectivity index (χ4n) is 5.00. The van der Waals surface area contributed by atoms with Crippen LogP contribution in [0.25, 0.3) is 11.0 Å². The van der Waals surface area contributed by atoms with E-state index in [2.05, 4.69) is 15.0 Å². The second kappa shape index (κ2) is 9.13. The molecule has 0 radical (unpaired) electrons. The number of amides is 2. The summed E-state index contributed by atoms with van der Waals surface area (Å²) in [4.78, 5) is 31.8. The number of nitrogens with one attached hydrogen (secondary N) is 2. The number of aromatic nitrogens is 2. The maximum atomic E-state index is 13.9. The summed E-state index contributed by atoms with van der Waals surface area (Å²) < 4.78 is 31.7. The van der Waals surface area contributed by atoms with E-state index in [1.54, 1.807) is 17.0 Å². The average molecular weight is 516 g/mol. The predicted octanol–water partition coefficient (Wildman–Crippen LogP) is 2.86. The van der Waals surface area contributed by atoms with Gasteiger partial charge < -0.3 is 9.88 Å². The smallest absolute Gasteiger partial charge is 0.247 e. The SMILES string of the molecule is O=C1CCc2cc(S(=O)(=O)NC(Cc3ccccc3)C(=O)N3CCn4c3nc3ccccc34)ccc2N1. The summed E-state index contributed by atoms with van der Waals surface area (Å²) in [5, 5.41) is 2.76. The molecule has 0 spiro atoms. The Labute approximate surface area is 214 Å². The van der Waals surface area contributed by atoms with Crippen LogP contribution in [0.4, 0.5) is 11.6 Å². The molecule has 0 bridgehead atoms. The van der Waals surface area contributed by atoms with Crippen molar-refractivity contribution in [2.24, 2.45) is 0 Å². The molecule has 4 aromatic rings. The number of fused-ring (bicyclic) bond motifs is 4. The minimum atomic E-state index is -4.04. The highest BCUT2D eigenvalue weighted by Crippen LogP contribution is 2.29. The fourth-order valence-corrected chi connectivity index (χ4v) is 6.24. The van der Waals surface area contributed by atoms with Crippen molar-refractivity contribution in [3.63, 3.8) is 0 Å². The first kappa shape index (κ1) is 23.4. The Kier molecular flexibility index (Phi) is 5.77. The molecule has 2 N–H and O–H groups in total. The summed E-state index contributed by atoms with van der Waals surface area (Å²) in [6.45, 7) is 1.00. The fraction of sp³-hybridized carbons (Fsp3) is 0.222. The lowest BCUT2D eigenvalue weighted by atomic mass is 10.0. The van der Waals surface area contributed by atoms with Gasteiger partial charge in [0.25, 0.3) is 0 Å². The van der Waals surface area contributed by atoms with Crippen LogP contribution in [-0.2, 0) is 39.0 Å². The van der Waals surface area contributed by atoms with Crippen LogP contribution in [0.5, 0.6) is 0 Å². The number of aryl methyl sites for hydroxylation is 1. The van der Waals surface area contributed by atoms with E-state index in [9.17, 15) is 18.0 Å².